The van der Waals surface area contributed by atoms with Crippen molar-refractivity contribution in [2.24, 2.45) is 5.41 Å². The molecule has 0 amide bonds. The molecule has 1 aromatic rings. The zero-order valence-corrected chi connectivity index (χ0v) is 11.3. The minimum Gasteiger partial charge on any atom is -0.465 e. The molecule has 0 saturated carbocycles. The maximum atomic E-state index is 11.4. The third kappa shape index (κ3) is 4.10. The van der Waals surface area contributed by atoms with Crippen molar-refractivity contribution in [3.63, 3.8) is 0 Å². The first-order valence-corrected chi connectivity index (χ1v) is 5.76. The Kier molecular flexibility index (Phi) is 4.16. The molecule has 1 aromatic carbocycles. The minimum atomic E-state index is -0.302. The number of methoxy groups -OCH3 is 1. The average molecular weight is 235 g/mol. The lowest BCUT2D eigenvalue weighted by atomic mass is 9.96. The topological polar surface area (TPSA) is 38.3 Å². The molecule has 0 atom stereocenters. The fourth-order valence-electron chi connectivity index (χ4n) is 1.42. The van der Waals surface area contributed by atoms with Gasteiger partial charge in [0, 0.05) is 12.2 Å². The number of hydrogen-bond acceptors (Lipinski definition) is 3. The van der Waals surface area contributed by atoms with Gasteiger partial charge in [-0.05, 0) is 30.0 Å². The number of rotatable bonds is 3. The maximum Gasteiger partial charge on any atom is 0.337 e. The van der Waals surface area contributed by atoms with Crippen LogP contribution in [0.5, 0.6) is 0 Å². The van der Waals surface area contributed by atoms with E-state index in [1.807, 2.05) is 19.1 Å². The van der Waals surface area contributed by atoms with Gasteiger partial charge in [0.25, 0.3) is 0 Å². The Labute approximate surface area is 103 Å². The number of carbonyl (C=O) groups is 1. The van der Waals surface area contributed by atoms with E-state index in [1.54, 1.807) is 6.07 Å². The molecule has 94 valence electrons. The van der Waals surface area contributed by atoms with E-state index in [1.165, 1.54) is 7.11 Å². The highest BCUT2D eigenvalue weighted by Crippen LogP contribution is 2.20. The quantitative estimate of drug-likeness (QED) is 0.817. The molecule has 3 heteroatoms. The molecule has 1 N–H and O–H groups in total. The fourth-order valence-corrected chi connectivity index (χ4v) is 1.42. The highest BCUT2D eigenvalue weighted by molar-refractivity contribution is 5.90. The number of benzene rings is 1. The third-order valence-electron chi connectivity index (χ3n) is 2.47. The lowest BCUT2D eigenvalue weighted by molar-refractivity contribution is 0.0601. The van der Waals surface area contributed by atoms with Crippen LogP contribution in [0.25, 0.3) is 0 Å². The summed E-state index contributed by atoms with van der Waals surface area (Å²) < 4.78 is 4.71. The van der Waals surface area contributed by atoms with Crippen LogP contribution in [0, 0.1) is 12.3 Å². The van der Waals surface area contributed by atoms with E-state index in [2.05, 4.69) is 26.1 Å². The summed E-state index contributed by atoms with van der Waals surface area (Å²) in [6.07, 6.45) is 0. The molecule has 0 heterocycles. The van der Waals surface area contributed by atoms with E-state index < -0.39 is 0 Å². The van der Waals surface area contributed by atoms with Gasteiger partial charge in [-0.15, -0.1) is 0 Å². The first-order chi connectivity index (χ1) is 7.83. The number of ether oxygens (including phenoxy) is 1. The van der Waals surface area contributed by atoms with Gasteiger partial charge >= 0.3 is 5.97 Å². The molecule has 0 aliphatic rings. The van der Waals surface area contributed by atoms with Gasteiger partial charge in [-0.3, -0.25) is 0 Å². The lowest BCUT2D eigenvalue weighted by Gasteiger charge is -2.20. The van der Waals surface area contributed by atoms with Gasteiger partial charge in [-0.25, -0.2) is 4.79 Å². The second-order valence-electron chi connectivity index (χ2n) is 5.44. The standard InChI is InChI=1S/C14H21NO2/c1-10-6-7-11(13(16)17-5)8-12(10)15-9-14(2,3)4/h6-8,15H,9H2,1-5H3. The first-order valence-electron chi connectivity index (χ1n) is 5.76. The fraction of sp³-hybridized carbons (Fsp3) is 0.500. The molecule has 17 heavy (non-hydrogen) atoms. The summed E-state index contributed by atoms with van der Waals surface area (Å²) in [5.74, 6) is -0.302. The molecule has 0 unspecified atom stereocenters. The van der Waals surface area contributed by atoms with Crippen molar-refractivity contribution in [1.82, 2.24) is 0 Å². The summed E-state index contributed by atoms with van der Waals surface area (Å²) in [5, 5.41) is 3.36. The van der Waals surface area contributed by atoms with Crippen molar-refractivity contribution in [1.29, 1.82) is 0 Å². The Morgan fingerprint density at radius 1 is 1.35 bits per heavy atom. The smallest absolute Gasteiger partial charge is 0.337 e. The highest BCUT2D eigenvalue weighted by atomic mass is 16.5. The van der Waals surface area contributed by atoms with Crippen molar-refractivity contribution in [2.75, 3.05) is 19.0 Å². The summed E-state index contributed by atoms with van der Waals surface area (Å²) in [5.41, 5.74) is 2.90. The number of hydrogen-bond donors (Lipinski definition) is 1. The molecule has 0 saturated heterocycles. The van der Waals surface area contributed by atoms with Gasteiger partial charge < -0.3 is 10.1 Å². The Hall–Kier alpha value is -1.51. The Morgan fingerprint density at radius 3 is 2.53 bits per heavy atom. The van der Waals surface area contributed by atoms with Crippen LogP contribution >= 0.6 is 0 Å². The van der Waals surface area contributed by atoms with Gasteiger partial charge in [-0.2, -0.15) is 0 Å². The van der Waals surface area contributed by atoms with Crippen molar-refractivity contribution in [3.05, 3.63) is 29.3 Å². The van der Waals surface area contributed by atoms with E-state index in [9.17, 15) is 4.79 Å². The van der Waals surface area contributed by atoms with Crippen LogP contribution in [-0.4, -0.2) is 19.6 Å². The molecule has 1 rings (SSSR count). The summed E-state index contributed by atoms with van der Waals surface area (Å²) in [7, 11) is 1.39. The molecule has 0 aliphatic carbocycles. The first kappa shape index (κ1) is 13.6. The molecule has 0 aliphatic heterocycles. The molecule has 0 fully saturated rings. The van der Waals surface area contributed by atoms with Crippen molar-refractivity contribution < 1.29 is 9.53 Å². The predicted octanol–water partition coefficient (Wildman–Crippen LogP) is 3.24. The average Bonchev–Trinajstić information content (AvgIpc) is 2.26. The van der Waals surface area contributed by atoms with Crippen LogP contribution in [-0.2, 0) is 4.74 Å². The third-order valence-corrected chi connectivity index (χ3v) is 2.47. The second kappa shape index (κ2) is 5.21. The van der Waals surface area contributed by atoms with Crippen LogP contribution in [0.1, 0.15) is 36.7 Å². The largest absolute Gasteiger partial charge is 0.465 e. The Balaban J connectivity index is 2.87. The normalized spacial score (nSPS) is 11.1. The highest BCUT2D eigenvalue weighted by Gasteiger charge is 2.12. The molecular formula is C14H21NO2. The minimum absolute atomic E-state index is 0.202. The summed E-state index contributed by atoms with van der Waals surface area (Å²) in [6, 6.07) is 5.55. The zero-order chi connectivity index (χ0) is 13.1. The Morgan fingerprint density at radius 2 is 2.00 bits per heavy atom. The summed E-state index contributed by atoms with van der Waals surface area (Å²) in [4.78, 5) is 11.4. The van der Waals surface area contributed by atoms with Gasteiger partial charge in [0.05, 0.1) is 12.7 Å². The number of anilines is 1. The zero-order valence-electron chi connectivity index (χ0n) is 11.3. The lowest BCUT2D eigenvalue weighted by Crippen LogP contribution is -2.19. The van der Waals surface area contributed by atoms with Gasteiger partial charge in [0.1, 0.15) is 0 Å². The summed E-state index contributed by atoms with van der Waals surface area (Å²) >= 11 is 0. The molecule has 0 radical (unpaired) electrons. The maximum absolute atomic E-state index is 11.4. The molecule has 0 bridgehead atoms. The number of esters is 1. The van der Waals surface area contributed by atoms with Crippen molar-refractivity contribution >= 4 is 11.7 Å². The number of aryl methyl sites for hydroxylation is 1. The van der Waals surface area contributed by atoms with Crippen LogP contribution in [0.3, 0.4) is 0 Å². The molecule has 0 aromatic heterocycles. The van der Waals surface area contributed by atoms with Gasteiger partial charge in [0.2, 0.25) is 0 Å². The van der Waals surface area contributed by atoms with Crippen LogP contribution in [0.15, 0.2) is 18.2 Å². The van der Waals surface area contributed by atoms with Crippen molar-refractivity contribution in [3.8, 4) is 0 Å². The second-order valence-corrected chi connectivity index (χ2v) is 5.44. The molecular weight excluding hydrogens is 214 g/mol. The number of carbonyl (C=O) groups excluding carboxylic acids is 1. The van der Waals surface area contributed by atoms with E-state index in [-0.39, 0.29) is 11.4 Å². The SMILES string of the molecule is COC(=O)c1ccc(C)c(NCC(C)(C)C)c1. The van der Waals surface area contributed by atoms with Crippen molar-refractivity contribution in [2.45, 2.75) is 27.7 Å². The van der Waals surface area contributed by atoms with Crippen LogP contribution < -0.4 is 5.32 Å². The van der Waals surface area contributed by atoms with E-state index in [4.69, 9.17) is 4.74 Å². The van der Waals surface area contributed by atoms with E-state index in [0.29, 0.717) is 5.56 Å². The monoisotopic (exact) mass is 235 g/mol. The Bertz CT molecular complexity index is 405. The van der Waals surface area contributed by atoms with Crippen LogP contribution in [0.4, 0.5) is 5.69 Å². The molecule has 3 nitrogen and oxygen atoms in total. The van der Waals surface area contributed by atoms with Gasteiger partial charge in [0.15, 0.2) is 0 Å². The number of nitrogens with one attached hydrogen (secondary N) is 1. The van der Waals surface area contributed by atoms with Crippen LogP contribution in [0.2, 0.25) is 0 Å². The van der Waals surface area contributed by atoms with E-state index in [0.717, 1.165) is 17.8 Å². The van der Waals surface area contributed by atoms with Gasteiger partial charge in [-0.1, -0.05) is 26.8 Å². The predicted molar refractivity (Wildman–Crippen MR) is 70.5 cm³/mol. The summed E-state index contributed by atoms with van der Waals surface area (Å²) in [6.45, 7) is 9.38. The molecule has 0 spiro atoms. The van der Waals surface area contributed by atoms with E-state index >= 15 is 0 Å².